The molecule has 0 radical (unpaired) electrons. The van der Waals surface area contributed by atoms with Crippen LogP contribution >= 0.6 is 0 Å². The number of hydrogen-bond acceptors (Lipinski definition) is 6. The van der Waals surface area contributed by atoms with Crippen molar-refractivity contribution >= 4 is 11.9 Å². The summed E-state index contributed by atoms with van der Waals surface area (Å²) in [7, 11) is 5.75. The fraction of sp³-hybridized carbons (Fsp3) is 0.444. The second-order valence-electron chi connectivity index (χ2n) is 5.14. The third-order valence-corrected chi connectivity index (χ3v) is 3.62. The normalized spacial score (nSPS) is 11.0. The molecule has 1 aromatic carbocycles. The lowest BCUT2D eigenvalue weighted by atomic mass is 9.98. The van der Waals surface area contributed by atoms with E-state index in [0.29, 0.717) is 35.7 Å². The van der Waals surface area contributed by atoms with Crippen LogP contribution in [-0.4, -0.2) is 46.4 Å². The van der Waals surface area contributed by atoms with E-state index in [1.54, 1.807) is 6.07 Å². The second-order valence-corrected chi connectivity index (χ2v) is 5.14. The van der Waals surface area contributed by atoms with E-state index in [-0.39, 0.29) is 5.91 Å². The summed E-state index contributed by atoms with van der Waals surface area (Å²) in [5, 5.41) is 2.57. The third-order valence-electron chi connectivity index (χ3n) is 3.62. The lowest BCUT2D eigenvalue weighted by molar-refractivity contribution is -0.145. The molecular formula is C18H23NO6. The van der Waals surface area contributed by atoms with E-state index in [4.69, 9.17) is 25.4 Å². The Kier molecular flexibility index (Phi) is 7.60. The minimum absolute atomic E-state index is 0.305. The topological polar surface area (TPSA) is 83.1 Å². The molecular weight excluding hydrogens is 326 g/mol. The lowest BCUT2D eigenvalue weighted by Gasteiger charge is -2.19. The van der Waals surface area contributed by atoms with Gasteiger partial charge in [-0.05, 0) is 24.5 Å². The van der Waals surface area contributed by atoms with Crippen LogP contribution in [0.1, 0.15) is 24.5 Å². The number of esters is 1. The molecule has 25 heavy (non-hydrogen) atoms. The number of hydrogen-bond donors (Lipinski definition) is 1. The lowest BCUT2D eigenvalue weighted by Crippen LogP contribution is -2.40. The number of carbonyl (C=O) groups is 2. The summed E-state index contributed by atoms with van der Waals surface area (Å²) in [6.45, 7) is 1.34. The van der Waals surface area contributed by atoms with Crippen LogP contribution in [-0.2, 0) is 20.7 Å². The molecule has 0 fully saturated rings. The molecule has 7 heteroatoms. The summed E-state index contributed by atoms with van der Waals surface area (Å²) in [5.74, 6) is 2.98. The SMILES string of the molecule is C#Cc1c(CCC(NC(C)=O)C(=O)OC)cc(OC)c(OC)c1OC. The summed E-state index contributed by atoms with van der Waals surface area (Å²) in [5.41, 5.74) is 1.24. The van der Waals surface area contributed by atoms with E-state index in [0.717, 1.165) is 5.56 Å². The molecule has 1 rings (SSSR count). The van der Waals surface area contributed by atoms with Crippen LogP contribution < -0.4 is 19.5 Å². The van der Waals surface area contributed by atoms with Crippen molar-refractivity contribution in [2.45, 2.75) is 25.8 Å². The molecule has 0 aliphatic rings. The van der Waals surface area contributed by atoms with Crippen LogP contribution in [0.15, 0.2) is 6.07 Å². The fourth-order valence-electron chi connectivity index (χ4n) is 2.50. The first-order valence-electron chi connectivity index (χ1n) is 7.56. The average molecular weight is 349 g/mol. The van der Waals surface area contributed by atoms with Gasteiger partial charge in [-0.15, -0.1) is 6.42 Å². The van der Waals surface area contributed by atoms with E-state index in [1.165, 1.54) is 35.4 Å². The molecule has 0 aliphatic carbocycles. The van der Waals surface area contributed by atoms with Crippen molar-refractivity contribution in [3.05, 3.63) is 17.2 Å². The van der Waals surface area contributed by atoms with Crippen LogP contribution in [0.25, 0.3) is 0 Å². The fourth-order valence-corrected chi connectivity index (χ4v) is 2.50. The minimum atomic E-state index is -0.771. The smallest absolute Gasteiger partial charge is 0.328 e. The highest BCUT2D eigenvalue weighted by Gasteiger charge is 2.23. The summed E-state index contributed by atoms with van der Waals surface area (Å²) >= 11 is 0. The molecule has 0 aromatic heterocycles. The maximum Gasteiger partial charge on any atom is 0.328 e. The Morgan fingerprint density at radius 2 is 1.80 bits per heavy atom. The summed E-state index contributed by atoms with van der Waals surface area (Å²) < 4.78 is 20.7. The van der Waals surface area contributed by atoms with Gasteiger partial charge in [0.25, 0.3) is 0 Å². The third kappa shape index (κ3) is 4.80. The number of aryl methyl sites for hydroxylation is 1. The maximum atomic E-state index is 11.8. The molecule has 0 aliphatic heterocycles. The molecule has 7 nitrogen and oxygen atoms in total. The minimum Gasteiger partial charge on any atom is -0.493 e. The standard InChI is InChI=1S/C18H23NO6/c1-7-13-12(8-9-14(18(21)25-6)19-11(2)20)10-15(22-3)17(24-5)16(13)23-4/h1,10,14H,8-9H2,2-6H3,(H,19,20). The van der Waals surface area contributed by atoms with Gasteiger partial charge in [0.2, 0.25) is 11.7 Å². The molecule has 0 heterocycles. The number of rotatable bonds is 8. The van der Waals surface area contributed by atoms with Crippen LogP contribution in [0.2, 0.25) is 0 Å². The second kappa shape index (κ2) is 9.42. The van der Waals surface area contributed by atoms with Gasteiger partial charge in [-0.1, -0.05) is 5.92 Å². The molecule has 136 valence electrons. The first-order chi connectivity index (χ1) is 11.9. The van der Waals surface area contributed by atoms with Gasteiger partial charge in [0.1, 0.15) is 6.04 Å². The molecule has 0 bridgehead atoms. The largest absolute Gasteiger partial charge is 0.493 e. The molecule has 0 spiro atoms. The van der Waals surface area contributed by atoms with Gasteiger partial charge in [-0.3, -0.25) is 4.79 Å². The van der Waals surface area contributed by atoms with Gasteiger partial charge in [0.05, 0.1) is 34.0 Å². The summed E-state index contributed by atoms with van der Waals surface area (Å²) in [6, 6.07) is 0.964. The zero-order valence-corrected chi connectivity index (χ0v) is 15.1. The van der Waals surface area contributed by atoms with Crippen molar-refractivity contribution in [2.24, 2.45) is 0 Å². The number of ether oxygens (including phenoxy) is 4. The number of nitrogens with one attached hydrogen (secondary N) is 1. The Morgan fingerprint density at radius 1 is 1.16 bits per heavy atom. The molecule has 1 unspecified atom stereocenters. The van der Waals surface area contributed by atoms with Crippen LogP contribution in [0.5, 0.6) is 17.2 Å². The molecule has 1 atom stereocenters. The monoisotopic (exact) mass is 349 g/mol. The zero-order valence-electron chi connectivity index (χ0n) is 15.1. The highest BCUT2D eigenvalue weighted by atomic mass is 16.5. The highest BCUT2D eigenvalue weighted by molar-refractivity contribution is 5.83. The predicted octanol–water partition coefficient (Wildman–Crippen LogP) is 1.30. The molecule has 1 amide bonds. The van der Waals surface area contributed by atoms with Gasteiger partial charge < -0.3 is 24.3 Å². The molecule has 0 saturated carbocycles. The Labute approximate surface area is 147 Å². The van der Waals surface area contributed by atoms with Gasteiger partial charge in [0.15, 0.2) is 11.5 Å². The van der Waals surface area contributed by atoms with Gasteiger partial charge in [-0.25, -0.2) is 4.79 Å². The van der Waals surface area contributed by atoms with E-state index >= 15 is 0 Å². The van der Waals surface area contributed by atoms with Gasteiger partial charge in [0, 0.05) is 6.92 Å². The molecule has 1 aromatic rings. The number of benzene rings is 1. The van der Waals surface area contributed by atoms with E-state index in [9.17, 15) is 9.59 Å². The van der Waals surface area contributed by atoms with Crippen LogP contribution in [0, 0.1) is 12.3 Å². The molecule has 1 N–H and O–H groups in total. The van der Waals surface area contributed by atoms with Crippen LogP contribution in [0.3, 0.4) is 0 Å². The van der Waals surface area contributed by atoms with Gasteiger partial charge in [-0.2, -0.15) is 0 Å². The van der Waals surface area contributed by atoms with Crippen molar-refractivity contribution in [3.63, 3.8) is 0 Å². The molecule has 0 saturated heterocycles. The number of amides is 1. The first-order valence-corrected chi connectivity index (χ1v) is 7.56. The van der Waals surface area contributed by atoms with E-state index in [2.05, 4.69) is 11.2 Å². The number of carbonyl (C=O) groups excluding carboxylic acids is 2. The zero-order chi connectivity index (χ0) is 19.0. The Bertz CT molecular complexity index is 677. The Hall–Kier alpha value is -2.88. The van der Waals surface area contributed by atoms with E-state index < -0.39 is 12.0 Å². The first kappa shape index (κ1) is 20.2. The maximum absolute atomic E-state index is 11.8. The van der Waals surface area contributed by atoms with Crippen molar-refractivity contribution in [1.29, 1.82) is 0 Å². The quantitative estimate of drug-likeness (QED) is 0.563. The van der Waals surface area contributed by atoms with Crippen molar-refractivity contribution < 1.29 is 28.5 Å². The van der Waals surface area contributed by atoms with E-state index in [1.807, 2.05) is 0 Å². The summed E-state index contributed by atoms with van der Waals surface area (Å²) in [4.78, 5) is 23.1. The Balaban J connectivity index is 3.21. The Morgan fingerprint density at radius 3 is 2.24 bits per heavy atom. The van der Waals surface area contributed by atoms with Crippen LogP contribution in [0.4, 0.5) is 0 Å². The number of terminal acetylenes is 1. The summed E-state index contributed by atoms with van der Waals surface area (Å²) in [6.07, 6.45) is 6.33. The average Bonchev–Trinajstić information content (AvgIpc) is 2.62. The predicted molar refractivity (Wildman–Crippen MR) is 92.0 cm³/mol. The number of methoxy groups -OCH3 is 4. The highest BCUT2D eigenvalue weighted by Crippen LogP contribution is 2.42. The van der Waals surface area contributed by atoms with Gasteiger partial charge >= 0.3 is 5.97 Å². The van der Waals surface area contributed by atoms with Crippen molar-refractivity contribution in [2.75, 3.05) is 28.4 Å². The van der Waals surface area contributed by atoms with Crippen molar-refractivity contribution in [3.8, 4) is 29.6 Å². The van der Waals surface area contributed by atoms with Crippen molar-refractivity contribution in [1.82, 2.24) is 5.32 Å².